The first-order valence-electron chi connectivity index (χ1n) is 7.66. The van der Waals surface area contributed by atoms with Gasteiger partial charge in [0.05, 0.1) is 4.47 Å². The molecule has 0 saturated carbocycles. The Bertz CT molecular complexity index is 687. The highest BCUT2D eigenvalue weighted by Crippen LogP contribution is 2.30. The zero-order valence-corrected chi connectivity index (χ0v) is 15.5. The van der Waals surface area contributed by atoms with Crippen molar-refractivity contribution in [3.05, 3.63) is 57.6 Å². The van der Waals surface area contributed by atoms with Gasteiger partial charge < -0.3 is 10.1 Å². The van der Waals surface area contributed by atoms with E-state index in [0.717, 1.165) is 26.9 Å². The molecule has 0 bridgehead atoms. The molecule has 2 aromatic carbocycles. The molecule has 0 radical (unpaired) electrons. The molecule has 0 aliphatic carbocycles. The van der Waals surface area contributed by atoms with E-state index in [1.165, 1.54) is 0 Å². The summed E-state index contributed by atoms with van der Waals surface area (Å²) >= 11 is 3.49. The average Bonchev–Trinajstić information content (AvgIpc) is 2.46. The molecule has 122 valence electrons. The Morgan fingerprint density at radius 1 is 1.22 bits per heavy atom. The SMILES string of the molecule is Cc1cc(C)c(OCC(=O)Nc2ccccc2C(C)C)c(Br)c1. The number of amides is 1. The van der Waals surface area contributed by atoms with E-state index in [0.29, 0.717) is 11.7 Å². The molecule has 0 aliphatic heterocycles. The number of carbonyl (C=O) groups is 1. The highest BCUT2D eigenvalue weighted by atomic mass is 79.9. The number of hydrogen-bond acceptors (Lipinski definition) is 2. The molecule has 0 aromatic heterocycles. The largest absolute Gasteiger partial charge is 0.482 e. The van der Waals surface area contributed by atoms with Gasteiger partial charge in [0.25, 0.3) is 5.91 Å². The van der Waals surface area contributed by atoms with Crippen molar-refractivity contribution in [1.29, 1.82) is 0 Å². The minimum absolute atomic E-state index is 0.0189. The number of halogens is 1. The number of benzene rings is 2. The van der Waals surface area contributed by atoms with Crippen molar-refractivity contribution in [3.63, 3.8) is 0 Å². The lowest BCUT2D eigenvalue weighted by atomic mass is 10.0. The van der Waals surface area contributed by atoms with Crippen LogP contribution in [-0.2, 0) is 4.79 Å². The summed E-state index contributed by atoms with van der Waals surface area (Å²) in [7, 11) is 0. The highest BCUT2D eigenvalue weighted by molar-refractivity contribution is 9.10. The van der Waals surface area contributed by atoms with Gasteiger partial charge in [-0.15, -0.1) is 0 Å². The summed E-state index contributed by atoms with van der Waals surface area (Å²) in [5, 5.41) is 2.93. The summed E-state index contributed by atoms with van der Waals surface area (Å²) in [5.41, 5.74) is 4.12. The normalized spacial score (nSPS) is 10.7. The van der Waals surface area contributed by atoms with Gasteiger partial charge in [-0.25, -0.2) is 0 Å². The summed E-state index contributed by atoms with van der Waals surface area (Å²) in [6, 6.07) is 11.9. The van der Waals surface area contributed by atoms with E-state index < -0.39 is 0 Å². The summed E-state index contributed by atoms with van der Waals surface area (Å²) < 4.78 is 6.56. The number of ether oxygens (including phenoxy) is 1. The molecular weight excluding hydrogens is 354 g/mol. The van der Waals surface area contributed by atoms with Crippen LogP contribution < -0.4 is 10.1 Å². The van der Waals surface area contributed by atoms with Crippen molar-refractivity contribution >= 4 is 27.5 Å². The predicted molar refractivity (Wildman–Crippen MR) is 98.3 cm³/mol. The van der Waals surface area contributed by atoms with E-state index in [-0.39, 0.29) is 12.5 Å². The Labute approximate surface area is 146 Å². The number of carbonyl (C=O) groups excluding carboxylic acids is 1. The van der Waals surface area contributed by atoms with E-state index in [4.69, 9.17) is 4.74 Å². The third kappa shape index (κ3) is 4.58. The molecule has 0 unspecified atom stereocenters. The molecule has 0 aliphatic rings. The third-order valence-electron chi connectivity index (χ3n) is 3.58. The van der Waals surface area contributed by atoms with E-state index in [2.05, 4.69) is 35.1 Å². The molecule has 1 amide bonds. The van der Waals surface area contributed by atoms with Gasteiger partial charge in [-0.05, 0) is 64.5 Å². The van der Waals surface area contributed by atoms with Crippen LogP contribution in [0.15, 0.2) is 40.9 Å². The maximum atomic E-state index is 12.2. The van der Waals surface area contributed by atoms with Crippen LogP contribution in [0, 0.1) is 13.8 Å². The van der Waals surface area contributed by atoms with Gasteiger partial charge in [-0.3, -0.25) is 4.79 Å². The number of rotatable bonds is 5. The maximum absolute atomic E-state index is 12.2. The number of nitrogens with one attached hydrogen (secondary N) is 1. The monoisotopic (exact) mass is 375 g/mol. The van der Waals surface area contributed by atoms with Gasteiger partial charge in [0, 0.05) is 5.69 Å². The van der Waals surface area contributed by atoms with Crippen LogP contribution in [0.2, 0.25) is 0 Å². The minimum atomic E-state index is -0.162. The van der Waals surface area contributed by atoms with Crippen molar-refractivity contribution in [2.24, 2.45) is 0 Å². The molecular formula is C19H22BrNO2. The van der Waals surface area contributed by atoms with E-state index in [9.17, 15) is 4.79 Å². The van der Waals surface area contributed by atoms with Gasteiger partial charge >= 0.3 is 0 Å². The Kier molecular flexibility index (Phi) is 5.83. The van der Waals surface area contributed by atoms with Crippen molar-refractivity contribution in [2.75, 3.05) is 11.9 Å². The molecule has 0 spiro atoms. The van der Waals surface area contributed by atoms with Gasteiger partial charge in [-0.2, -0.15) is 0 Å². The Hall–Kier alpha value is -1.81. The van der Waals surface area contributed by atoms with Crippen LogP contribution in [0.5, 0.6) is 5.75 Å². The standard InChI is InChI=1S/C19H22BrNO2/c1-12(2)15-7-5-6-8-17(15)21-18(22)11-23-19-14(4)9-13(3)10-16(19)20/h5-10,12H,11H2,1-4H3,(H,21,22). The first-order chi connectivity index (χ1) is 10.9. The topological polar surface area (TPSA) is 38.3 Å². The molecule has 0 fully saturated rings. The fraction of sp³-hybridized carbons (Fsp3) is 0.316. The number of hydrogen-bond donors (Lipinski definition) is 1. The summed E-state index contributed by atoms with van der Waals surface area (Å²) in [5.74, 6) is 0.897. The molecule has 0 heterocycles. The van der Waals surface area contributed by atoms with Crippen LogP contribution in [0.1, 0.15) is 36.5 Å². The van der Waals surface area contributed by atoms with Gasteiger partial charge in [0.2, 0.25) is 0 Å². The van der Waals surface area contributed by atoms with E-state index in [1.54, 1.807) is 0 Å². The fourth-order valence-corrected chi connectivity index (χ4v) is 3.31. The van der Waals surface area contributed by atoms with E-state index >= 15 is 0 Å². The Morgan fingerprint density at radius 3 is 2.57 bits per heavy atom. The second kappa shape index (κ2) is 7.64. The summed E-state index contributed by atoms with van der Waals surface area (Å²) in [6.45, 7) is 8.19. The fourth-order valence-electron chi connectivity index (χ4n) is 2.52. The quantitative estimate of drug-likeness (QED) is 0.778. The lowest BCUT2D eigenvalue weighted by Crippen LogP contribution is -2.21. The zero-order valence-electron chi connectivity index (χ0n) is 13.9. The second-order valence-electron chi connectivity index (χ2n) is 5.97. The van der Waals surface area contributed by atoms with Gasteiger partial charge in [0.15, 0.2) is 6.61 Å². The van der Waals surface area contributed by atoms with Crippen LogP contribution in [0.4, 0.5) is 5.69 Å². The number of anilines is 1. The zero-order chi connectivity index (χ0) is 17.0. The first-order valence-corrected chi connectivity index (χ1v) is 8.46. The predicted octanol–water partition coefficient (Wildman–Crippen LogP) is 5.21. The molecule has 2 rings (SSSR count). The van der Waals surface area contributed by atoms with Gasteiger partial charge in [0.1, 0.15) is 5.75 Å². The first kappa shape index (κ1) is 17.5. The van der Waals surface area contributed by atoms with Crippen LogP contribution in [0.25, 0.3) is 0 Å². The Balaban J connectivity index is 2.04. The number of aryl methyl sites for hydroxylation is 2. The maximum Gasteiger partial charge on any atom is 0.262 e. The molecule has 4 heteroatoms. The van der Waals surface area contributed by atoms with Crippen molar-refractivity contribution in [3.8, 4) is 5.75 Å². The van der Waals surface area contributed by atoms with Crippen LogP contribution >= 0.6 is 15.9 Å². The van der Waals surface area contributed by atoms with Crippen molar-refractivity contribution < 1.29 is 9.53 Å². The molecule has 23 heavy (non-hydrogen) atoms. The summed E-state index contributed by atoms with van der Waals surface area (Å²) in [6.07, 6.45) is 0. The summed E-state index contributed by atoms with van der Waals surface area (Å²) in [4.78, 5) is 12.2. The molecule has 0 atom stereocenters. The highest BCUT2D eigenvalue weighted by Gasteiger charge is 2.12. The molecule has 2 aromatic rings. The smallest absolute Gasteiger partial charge is 0.262 e. The lowest BCUT2D eigenvalue weighted by Gasteiger charge is -2.15. The van der Waals surface area contributed by atoms with E-state index in [1.807, 2.05) is 50.2 Å². The van der Waals surface area contributed by atoms with Crippen LogP contribution in [0.3, 0.4) is 0 Å². The number of para-hydroxylation sites is 1. The van der Waals surface area contributed by atoms with Crippen molar-refractivity contribution in [1.82, 2.24) is 0 Å². The Morgan fingerprint density at radius 2 is 1.91 bits per heavy atom. The molecule has 3 nitrogen and oxygen atoms in total. The lowest BCUT2D eigenvalue weighted by molar-refractivity contribution is -0.118. The van der Waals surface area contributed by atoms with Gasteiger partial charge in [-0.1, -0.05) is 38.1 Å². The second-order valence-corrected chi connectivity index (χ2v) is 6.83. The molecule has 1 N–H and O–H groups in total. The third-order valence-corrected chi connectivity index (χ3v) is 4.17. The van der Waals surface area contributed by atoms with Crippen LogP contribution in [-0.4, -0.2) is 12.5 Å². The van der Waals surface area contributed by atoms with Crippen molar-refractivity contribution in [2.45, 2.75) is 33.6 Å². The molecule has 0 saturated heterocycles. The minimum Gasteiger partial charge on any atom is -0.482 e. The average molecular weight is 376 g/mol.